The third-order valence-corrected chi connectivity index (χ3v) is 3.24. The van der Waals surface area contributed by atoms with Crippen molar-refractivity contribution in [1.29, 1.82) is 0 Å². The molecule has 0 spiro atoms. The quantitative estimate of drug-likeness (QED) is 0.582. The molecular formula is C19H21N3O3. The summed E-state index contributed by atoms with van der Waals surface area (Å²) in [5.74, 6) is -0.212. The number of carbonyl (C=O) groups is 1. The molecule has 3 rings (SSSR count). The summed E-state index contributed by atoms with van der Waals surface area (Å²) in [4.78, 5) is 12.2. The average Bonchev–Trinajstić information content (AvgIpc) is 3.00. The lowest BCUT2D eigenvalue weighted by Crippen LogP contribution is -2.05. The molecule has 0 fully saturated rings. The van der Waals surface area contributed by atoms with Gasteiger partial charge >= 0.3 is 5.97 Å². The zero-order chi connectivity index (χ0) is 18.2. The molecule has 6 heteroatoms. The molecule has 0 bridgehead atoms. The minimum absolute atomic E-state index is 0.0940. The van der Waals surface area contributed by atoms with Gasteiger partial charge in [-0.2, -0.15) is 0 Å². The Morgan fingerprint density at radius 2 is 1.84 bits per heavy atom. The number of phenolic OH excluding ortho intramolecular Hbond substituents is 1. The van der Waals surface area contributed by atoms with E-state index in [2.05, 4.69) is 16.8 Å². The van der Waals surface area contributed by atoms with Crippen LogP contribution in [-0.2, 0) is 16.0 Å². The molecule has 25 heavy (non-hydrogen) atoms. The van der Waals surface area contributed by atoms with E-state index >= 15 is 0 Å². The number of hydrogen-bond donors (Lipinski definition) is 1. The lowest BCUT2D eigenvalue weighted by atomic mass is 10.1. The number of hydrogen-bond acceptors (Lipinski definition) is 5. The number of phenols is 1. The molecule has 0 unspecified atom stereocenters. The van der Waals surface area contributed by atoms with E-state index < -0.39 is 0 Å². The molecule has 0 atom stereocenters. The topological polar surface area (TPSA) is 77.2 Å². The number of aromatic nitrogens is 3. The van der Waals surface area contributed by atoms with Crippen molar-refractivity contribution in [2.24, 2.45) is 0 Å². The summed E-state index contributed by atoms with van der Waals surface area (Å²) in [6, 6.07) is 12.7. The van der Waals surface area contributed by atoms with Crippen molar-refractivity contribution in [3.8, 4) is 11.4 Å². The Morgan fingerprint density at radius 1 is 1.24 bits per heavy atom. The number of ether oxygens (including phenoxy) is 1. The zero-order valence-electron chi connectivity index (χ0n) is 14.3. The van der Waals surface area contributed by atoms with Gasteiger partial charge in [0.15, 0.2) is 0 Å². The first-order valence-corrected chi connectivity index (χ1v) is 7.90. The van der Waals surface area contributed by atoms with Crippen molar-refractivity contribution < 1.29 is 14.6 Å². The van der Waals surface area contributed by atoms with Gasteiger partial charge < -0.3 is 9.84 Å². The Bertz CT molecular complexity index is 838. The molecule has 0 aliphatic carbocycles. The highest BCUT2D eigenvalue weighted by atomic mass is 16.5. The van der Waals surface area contributed by atoms with Gasteiger partial charge in [0.25, 0.3) is 0 Å². The summed E-state index contributed by atoms with van der Waals surface area (Å²) in [6.07, 6.45) is 2.31. The molecule has 2 aromatic carbocycles. The maximum atomic E-state index is 10.8. The summed E-state index contributed by atoms with van der Waals surface area (Å²) in [5.41, 5.74) is 2.94. The normalized spacial score (nSPS) is 10.0. The SMILES string of the molecule is C=CC.CC(=O)OCCc1ccc(O)c(-n2nc3ccccc3n2)c1. The summed E-state index contributed by atoms with van der Waals surface area (Å²) >= 11 is 0. The van der Waals surface area contributed by atoms with Gasteiger partial charge in [-0.1, -0.05) is 24.3 Å². The van der Waals surface area contributed by atoms with Gasteiger partial charge in [0.05, 0.1) is 6.61 Å². The third-order valence-electron chi connectivity index (χ3n) is 3.24. The van der Waals surface area contributed by atoms with Crippen molar-refractivity contribution in [2.45, 2.75) is 20.3 Å². The van der Waals surface area contributed by atoms with E-state index in [4.69, 9.17) is 4.74 Å². The van der Waals surface area contributed by atoms with Crippen molar-refractivity contribution in [2.75, 3.05) is 6.61 Å². The first-order chi connectivity index (χ1) is 12.0. The number of esters is 1. The van der Waals surface area contributed by atoms with Gasteiger partial charge in [0.1, 0.15) is 22.5 Å². The monoisotopic (exact) mass is 339 g/mol. The molecule has 1 aromatic heterocycles. The van der Waals surface area contributed by atoms with Crippen LogP contribution in [-0.4, -0.2) is 32.7 Å². The highest BCUT2D eigenvalue weighted by Crippen LogP contribution is 2.23. The largest absolute Gasteiger partial charge is 0.506 e. The van der Waals surface area contributed by atoms with E-state index in [0.717, 1.165) is 16.6 Å². The molecule has 0 saturated heterocycles. The van der Waals surface area contributed by atoms with Crippen LogP contribution in [0.2, 0.25) is 0 Å². The molecule has 0 radical (unpaired) electrons. The van der Waals surface area contributed by atoms with Crippen LogP contribution in [0.5, 0.6) is 5.75 Å². The second-order valence-corrected chi connectivity index (χ2v) is 5.30. The predicted octanol–water partition coefficient (Wildman–Crippen LogP) is 3.42. The van der Waals surface area contributed by atoms with Crippen LogP contribution in [0.3, 0.4) is 0 Å². The fourth-order valence-electron chi connectivity index (χ4n) is 2.16. The Labute approximate surface area is 146 Å². The van der Waals surface area contributed by atoms with Crippen LogP contribution in [0.15, 0.2) is 55.1 Å². The summed E-state index contributed by atoms with van der Waals surface area (Å²) < 4.78 is 4.93. The first-order valence-electron chi connectivity index (χ1n) is 7.90. The minimum atomic E-state index is -0.306. The number of allylic oxidation sites excluding steroid dienone is 1. The molecule has 130 valence electrons. The maximum absolute atomic E-state index is 10.8. The fourth-order valence-corrected chi connectivity index (χ4v) is 2.16. The van der Waals surface area contributed by atoms with Crippen LogP contribution < -0.4 is 0 Å². The van der Waals surface area contributed by atoms with Crippen LogP contribution in [0.4, 0.5) is 0 Å². The van der Waals surface area contributed by atoms with Gasteiger partial charge in [-0.3, -0.25) is 4.79 Å². The van der Waals surface area contributed by atoms with Crippen LogP contribution >= 0.6 is 0 Å². The molecule has 0 aliphatic rings. The van der Waals surface area contributed by atoms with E-state index in [1.54, 1.807) is 24.3 Å². The van der Waals surface area contributed by atoms with Crippen molar-refractivity contribution in [3.05, 3.63) is 60.7 Å². The first kappa shape index (κ1) is 18.2. The Balaban J connectivity index is 0.000000701. The van der Waals surface area contributed by atoms with Crippen LogP contribution in [0, 0.1) is 0 Å². The van der Waals surface area contributed by atoms with E-state index in [1.165, 1.54) is 11.7 Å². The molecule has 0 amide bonds. The lowest BCUT2D eigenvalue weighted by molar-refractivity contribution is -0.140. The molecule has 6 nitrogen and oxygen atoms in total. The molecule has 3 aromatic rings. The molecule has 1 heterocycles. The number of nitrogens with zero attached hydrogens (tertiary/aromatic N) is 3. The summed E-state index contributed by atoms with van der Waals surface area (Å²) in [5, 5.41) is 18.7. The Kier molecular flexibility index (Phi) is 6.28. The smallest absolute Gasteiger partial charge is 0.302 e. The number of rotatable bonds is 4. The molecule has 0 saturated carbocycles. The lowest BCUT2D eigenvalue weighted by Gasteiger charge is -2.07. The van der Waals surface area contributed by atoms with Gasteiger partial charge in [0.2, 0.25) is 0 Å². The fraction of sp³-hybridized carbons (Fsp3) is 0.211. The third kappa shape index (κ3) is 4.91. The van der Waals surface area contributed by atoms with Gasteiger partial charge in [-0.25, -0.2) is 0 Å². The Morgan fingerprint density at radius 3 is 2.40 bits per heavy atom. The second kappa shape index (κ2) is 8.63. The van der Waals surface area contributed by atoms with Gasteiger partial charge in [-0.05, 0) is 36.8 Å². The van der Waals surface area contributed by atoms with Gasteiger partial charge in [0, 0.05) is 13.3 Å². The number of benzene rings is 2. The van der Waals surface area contributed by atoms with Crippen molar-refractivity contribution >= 4 is 17.0 Å². The second-order valence-electron chi connectivity index (χ2n) is 5.30. The van der Waals surface area contributed by atoms with Crippen molar-refractivity contribution in [1.82, 2.24) is 15.0 Å². The highest BCUT2D eigenvalue weighted by molar-refractivity contribution is 5.73. The minimum Gasteiger partial charge on any atom is -0.506 e. The molecule has 0 aliphatic heterocycles. The van der Waals surface area contributed by atoms with Crippen LogP contribution in [0.1, 0.15) is 19.4 Å². The van der Waals surface area contributed by atoms with E-state index in [0.29, 0.717) is 18.7 Å². The number of carbonyl (C=O) groups excluding carboxylic acids is 1. The zero-order valence-corrected chi connectivity index (χ0v) is 14.3. The van der Waals surface area contributed by atoms with Crippen LogP contribution in [0.25, 0.3) is 16.7 Å². The van der Waals surface area contributed by atoms with Crippen molar-refractivity contribution in [3.63, 3.8) is 0 Å². The van der Waals surface area contributed by atoms with E-state index in [-0.39, 0.29) is 11.7 Å². The number of fused-ring (bicyclic) bond motifs is 1. The molecular weight excluding hydrogens is 318 g/mol. The number of aromatic hydroxyl groups is 1. The maximum Gasteiger partial charge on any atom is 0.302 e. The van der Waals surface area contributed by atoms with E-state index in [9.17, 15) is 9.90 Å². The Hall–Kier alpha value is -3.15. The van der Waals surface area contributed by atoms with Gasteiger partial charge in [-0.15, -0.1) is 21.6 Å². The molecule has 1 N–H and O–H groups in total. The standard InChI is InChI=1S/C16H15N3O3.C3H6/c1-11(20)22-9-8-12-6-7-16(21)15(10-12)19-17-13-4-2-3-5-14(13)18-19;1-3-2/h2-7,10,21H,8-9H2,1H3;3H,1H2,2H3. The van der Waals surface area contributed by atoms with E-state index in [1.807, 2.05) is 31.2 Å². The highest BCUT2D eigenvalue weighted by Gasteiger charge is 2.09. The average molecular weight is 339 g/mol. The summed E-state index contributed by atoms with van der Waals surface area (Å²) in [7, 11) is 0. The predicted molar refractivity (Wildman–Crippen MR) is 96.7 cm³/mol. The summed E-state index contributed by atoms with van der Waals surface area (Å²) in [6.45, 7) is 6.93.